The molecule has 10 heteroatoms. The Morgan fingerprint density at radius 1 is 0.975 bits per heavy atom. The normalized spacial score (nSPS) is 11.2. The predicted octanol–water partition coefficient (Wildman–Crippen LogP) is 5.64. The fourth-order valence-corrected chi connectivity index (χ4v) is 5.30. The van der Waals surface area contributed by atoms with Crippen molar-refractivity contribution in [3.05, 3.63) is 69.6 Å². The van der Waals surface area contributed by atoms with Crippen LogP contribution >= 0.6 is 11.6 Å². The Morgan fingerprint density at radius 3 is 2.33 bits per heavy atom. The first-order valence-corrected chi connectivity index (χ1v) is 13.4. The standard InChI is InChI=1S/C30H34ClN3O6/c1-7-21-27-24(34(15-14-25(35)38-5)29(21)30(36)39-6)13-12-22(31)28(27)26-18(2)33(3)32-23(26)17-40-16-19-8-10-20(37-4)11-9-19/h8-13H,7,14-17H2,1-6H3. The van der Waals surface area contributed by atoms with E-state index < -0.39 is 5.97 Å². The highest BCUT2D eigenvalue weighted by Gasteiger charge is 2.28. The first-order valence-electron chi connectivity index (χ1n) is 13.0. The fourth-order valence-electron chi connectivity index (χ4n) is 5.04. The molecule has 0 aliphatic carbocycles. The molecular formula is C30H34ClN3O6. The maximum Gasteiger partial charge on any atom is 0.354 e. The molecule has 0 aliphatic heterocycles. The SMILES string of the molecule is CCc1c(C(=O)OC)n(CCC(=O)OC)c2ccc(Cl)c(-c3c(COCc4ccc(OC)cc4)nn(C)c3C)c12. The Kier molecular flexibility index (Phi) is 9.17. The van der Waals surface area contributed by atoms with Gasteiger partial charge in [0, 0.05) is 46.3 Å². The van der Waals surface area contributed by atoms with Gasteiger partial charge in [-0.25, -0.2) is 4.79 Å². The maximum absolute atomic E-state index is 13.0. The molecule has 0 bridgehead atoms. The molecule has 40 heavy (non-hydrogen) atoms. The molecular weight excluding hydrogens is 534 g/mol. The molecule has 0 fully saturated rings. The minimum atomic E-state index is -0.481. The number of methoxy groups -OCH3 is 3. The summed E-state index contributed by atoms with van der Waals surface area (Å²) in [6, 6.07) is 11.4. The van der Waals surface area contributed by atoms with Gasteiger partial charge in [0.25, 0.3) is 0 Å². The highest BCUT2D eigenvalue weighted by molar-refractivity contribution is 6.35. The summed E-state index contributed by atoms with van der Waals surface area (Å²) in [5, 5.41) is 6.10. The highest BCUT2D eigenvalue weighted by atomic mass is 35.5. The lowest BCUT2D eigenvalue weighted by Crippen LogP contribution is -2.15. The summed E-state index contributed by atoms with van der Waals surface area (Å²) in [5.74, 6) is -0.0686. The molecule has 0 saturated carbocycles. The van der Waals surface area contributed by atoms with Crippen molar-refractivity contribution in [1.82, 2.24) is 14.3 Å². The van der Waals surface area contributed by atoms with Gasteiger partial charge in [-0.2, -0.15) is 5.10 Å². The van der Waals surface area contributed by atoms with Gasteiger partial charge in [0.05, 0.1) is 46.7 Å². The van der Waals surface area contributed by atoms with Gasteiger partial charge in [-0.05, 0) is 48.7 Å². The monoisotopic (exact) mass is 567 g/mol. The Balaban J connectivity index is 1.83. The van der Waals surface area contributed by atoms with Crippen LogP contribution in [0.5, 0.6) is 5.75 Å². The largest absolute Gasteiger partial charge is 0.497 e. The van der Waals surface area contributed by atoms with E-state index in [1.165, 1.54) is 14.2 Å². The van der Waals surface area contributed by atoms with Gasteiger partial charge in [0.1, 0.15) is 11.4 Å². The van der Waals surface area contributed by atoms with Crippen molar-refractivity contribution in [3.8, 4) is 16.9 Å². The lowest BCUT2D eigenvalue weighted by Gasteiger charge is -2.12. The highest BCUT2D eigenvalue weighted by Crippen LogP contribution is 2.43. The zero-order valence-electron chi connectivity index (χ0n) is 23.7. The maximum atomic E-state index is 13.0. The van der Waals surface area contributed by atoms with E-state index in [1.54, 1.807) is 11.8 Å². The number of benzene rings is 2. The van der Waals surface area contributed by atoms with E-state index >= 15 is 0 Å². The first-order chi connectivity index (χ1) is 19.2. The summed E-state index contributed by atoms with van der Waals surface area (Å²) < 4.78 is 25.0. The van der Waals surface area contributed by atoms with E-state index in [4.69, 9.17) is 35.6 Å². The molecule has 0 N–H and O–H groups in total. The average Bonchev–Trinajstić information content (AvgIpc) is 3.44. The van der Waals surface area contributed by atoms with Crippen LogP contribution in [0.4, 0.5) is 0 Å². The predicted molar refractivity (Wildman–Crippen MR) is 153 cm³/mol. The third-order valence-corrected chi connectivity index (χ3v) is 7.42. The quantitative estimate of drug-likeness (QED) is 0.216. The van der Waals surface area contributed by atoms with E-state index in [1.807, 2.05) is 61.9 Å². The van der Waals surface area contributed by atoms with Gasteiger partial charge in [0.2, 0.25) is 0 Å². The zero-order valence-corrected chi connectivity index (χ0v) is 24.4. The number of rotatable bonds is 11. The van der Waals surface area contributed by atoms with Crippen LogP contribution in [-0.4, -0.2) is 47.6 Å². The van der Waals surface area contributed by atoms with Crippen molar-refractivity contribution in [1.29, 1.82) is 0 Å². The number of nitrogens with zero attached hydrogens (tertiary/aromatic N) is 3. The van der Waals surface area contributed by atoms with Gasteiger partial charge >= 0.3 is 11.9 Å². The molecule has 0 spiro atoms. The van der Waals surface area contributed by atoms with Gasteiger partial charge in [-0.15, -0.1) is 0 Å². The van der Waals surface area contributed by atoms with Crippen LogP contribution in [0.25, 0.3) is 22.0 Å². The van der Waals surface area contributed by atoms with Crippen molar-refractivity contribution in [2.45, 2.75) is 46.4 Å². The van der Waals surface area contributed by atoms with Crippen LogP contribution in [0.2, 0.25) is 5.02 Å². The molecule has 0 saturated heterocycles. The number of aromatic nitrogens is 3. The van der Waals surface area contributed by atoms with Crippen LogP contribution in [0.1, 0.15) is 46.3 Å². The van der Waals surface area contributed by atoms with Crippen LogP contribution in [0, 0.1) is 6.92 Å². The molecule has 9 nitrogen and oxygen atoms in total. The molecule has 4 aromatic rings. The summed E-state index contributed by atoms with van der Waals surface area (Å²) in [6.45, 7) is 4.85. The fraction of sp³-hybridized carbons (Fsp3) is 0.367. The van der Waals surface area contributed by atoms with Gasteiger partial charge in [-0.3, -0.25) is 9.48 Å². The number of hydrogen-bond acceptors (Lipinski definition) is 7. The van der Waals surface area contributed by atoms with Crippen LogP contribution in [-0.2, 0) is 52.2 Å². The summed E-state index contributed by atoms with van der Waals surface area (Å²) in [7, 11) is 6.20. The Hall–Kier alpha value is -3.82. The van der Waals surface area contributed by atoms with Gasteiger partial charge < -0.3 is 23.5 Å². The molecule has 0 amide bonds. The Labute approximate surface area is 238 Å². The number of esters is 2. The van der Waals surface area contributed by atoms with E-state index in [0.717, 1.165) is 50.3 Å². The minimum Gasteiger partial charge on any atom is -0.497 e. The second kappa shape index (κ2) is 12.6. The van der Waals surface area contributed by atoms with Crippen LogP contribution in [0.15, 0.2) is 36.4 Å². The molecule has 0 aliphatic rings. The molecule has 2 aromatic carbocycles. The van der Waals surface area contributed by atoms with Crippen molar-refractivity contribution in [3.63, 3.8) is 0 Å². The second-order valence-corrected chi connectivity index (χ2v) is 9.75. The number of halogens is 1. The number of hydrogen-bond donors (Lipinski definition) is 0. The second-order valence-electron chi connectivity index (χ2n) is 9.34. The number of aryl methyl sites for hydroxylation is 3. The number of fused-ring (bicyclic) bond motifs is 1. The third-order valence-electron chi connectivity index (χ3n) is 7.10. The van der Waals surface area contributed by atoms with E-state index in [0.29, 0.717) is 23.7 Å². The minimum absolute atomic E-state index is 0.0990. The zero-order chi connectivity index (χ0) is 29.0. The van der Waals surface area contributed by atoms with Gasteiger partial charge in [0.15, 0.2) is 0 Å². The molecule has 0 atom stereocenters. The molecule has 212 valence electrons. The Morgan fingerprint density at radius 2 is 1.70 bits per heavy atom. The van der Waals surface area contributed by atoms with Crippen molar-refractivity contribution in [2.24, 2.45) is 7.05 Å². The molecule has 0 unspecified atom stereocenters. The third kappa shape index (κ3) is 5.57. The number of ether oxygens (including phenoxy) is 4. The molecule has 2 aromatic heterocycles. The van der Waals surface area contributed by atoms with Gasteiger partial charge in [-0.1, -0.05) is 30.7 Å². The molecule has 2 heterocycles. The van der Waals surface area contributed by atoms with Crippen molar-refractivity contribution >= 4 is 34.4 Å². The summed E-state index contributed by atoms with van der Waals surface area (Å²) in [4.78, 5) is 25.1. The van der Waals surface area contributed by atoms with Crippen molar-refractivity contribution < 1.29 is 28.5 Å². The number of carbonyl (C=O) groups excluding carboxylic acids is 2. The molecule has 0 radical (unpaired) electrons. The van der Waals surface area contributed by atoms with E-state index in [-0.39, 0.29) is 25.5 Å². The number of carbonyl (C=O) groups is 2. The summed E-state index contributed by atoms with van der Waals surface area (Å²) >= 11 is 6.91. The summed E-state index contributed by atoms with van der Waals surface area (Å²) in [5.41, 5.74) is 6.22. The smallest absolute Gasteiger partial charge is 0.354 e. The summed E-state index contributed by atoms with van der Waals surface area (Å²) in [6.07, 6.45) is 0.643. The first kappa shape index (κ1) is 29.2. The van der Waals surface area contributed by atoms with Crippen LogP contribution < -0.4 is 4.74 Å². The lowest BCUT2D eigenvalue weighted by atomic mass is 9.95. The topological polar surface area (TPSA) is 93.8 Å². The lowest BCUT2D eigenvalue weighted by molar-refractivity contribution is -0.140. The van der Waals surface area contributed by atoms with Crippen LogP contribution in [0.3, 0.4) is 0 Å². The van der Waals surface area contributed by atoms with E-state index in [9.17, 15) is 9.59 Å². The van der Waals surface area contributed by atoms with E-state index in [2.05, 4.69) is 0 Å². The van der Waals surface area contributed by atoms with Crippen molar-refractivity contribution in [2.75, 3.05) is 21.3 Å². The Bertz CT molecular complexity index is 1540. The molecule has 4 rings (SSSR count). The average molecular weight is 568 g/mol.